The minimum Gasteiger partial charge on any atom is -0.495 e. The number of aromatic nitrogens is 4. The van der Waals surface area contributed by atoms with E-state index in [0.29, 0.717) is 23.3 Å². The lowest BCUT2D eigenvalue weighted by Crippen LogP contribution is -2.26. The number of nitrogens with zero attached hydrogens (tertiary/aromatic N) is 4. The van der Waals surface area contributed by atoms with Crippen molar-refractivity contribution in [3.63, 3.8) is 0 Å². The Hall–Kier alpha value is -4.76. The average molecular weight is 576 g/mol. The summed E-state index contributed by atoms with van der Waals surface area (Å²) < 4.78 is 7.45. The Labute approximate surface area is 251 Å². The Morgan fingerprint density at radius 3 is 2.67 bits per heavy atom. The summed E-state index contributed by atoms with van der Waals surface area (Å²) in [5, 5.41) is 8.32. The number of benzene rings is 2. The zero-order valence-electron chi connectivity index (χ0n) is 25.0. The molecule has 1 atom stereocenters. The normalized spacial score (nSPS) is 15.2. The van der Waals surface area contributed by atoms with E-state index in [0.717, 1.165) is 63.9 Å². The summed E-state index contributed by atoms with van der Waals surface area (Å²) in [5.41, 5.74) is 13.0. The van der Waals surface area contributed by atoms with Crippen LogP contribution in [0.15, 0.2) is 67.1 Å². The molecule has 0 bridgehead atoms. The highest BCUT2D eigenvalue weighted by molar-refractivity contribution is 6.04. The smallest absolute Gasteiger partial charge is 0.228 e. The van der Waals surface area contributed by atoms with Crippen LogP contribution in [0.4, 0.5) is 11.5 Å². The molecule has 9 heteroatoms. The highest BCUT2D eigenvalue weighted by Gasteiger charge is 2.25. The summed E-state index contributed by atoms with van der Waals surface area (Å²) in [7, 11) is 3.59. The van der Waals surface area contributed by atoms with Gasteiger partial charge in [0.05, 0.1) is 43.5 Å². The molecule has 5 aromatic rings. The molecule has 9 nitrogen and oxygen atoms in total. The predicted octanol–water partition coefficient (Wildman–Crippen LogP) is 6.00. The number of amides is 1. The number of rotatable bonds is 8. The van der Waals surface area contributed by atoms with E-state index in [1.165, 1.54) is 5.57 Å². The lowest BCUT2D eigenvalue weighted by atomic mass is 9.93. The number of ether oxygens (including phenoxy) is 1. The van der Waals surface area contributed by atoms with E-state index >= 15 is 0 Å². The summed E-state index contributed by atoms with van der Waals surface area (Å²) >= 11 is 0. The van der Waals surface area contributed by atoms with Crippen molar-refractivity contribution in [1.29, 1.82) is 0 Å². The number of carbonyl (C=O) groups excluding carboxylic acids is 1. The van der Waals surface area contributed by atoms with Gasteiger partial charge in [-0.1, -0.05) is 56.3 Å². The van der Waals surface area contributed by atoms with Crippen molar-refractivity contribution in [3.05, 3.63) is 84.2 Å². The summed E-state index contributed by atoms with van der Waals surface area (Å²) in [6, 6.07) is 14.4. The Kier molecular flexibility index (Phi) is 7.82. The van der Waals surface area contributed by atoms with Gasteiger partial charge in [0, 0.05) is 23.6 Å². The van der Waals surface area contributed by atoms with Gasteiger partial charge in [0.1, 0.15) is 28.6 Å². The van der Waals surface area contributed by atoms with Crippen molar-refractivity contribution >= 4 is 39.3 Å². The first-order valence-corrected chi connectivity index (χ1v) is 14.7. The molecule has 220 valence electrons. The second kappa shape index (κ2) is 11.9. The van der Waals surface area contributed by atoms with Crippen LogP contribution >= 0.6 is 0 Å². The predicted molar refractivity (Wildman–Crippen MR) is 172 cm³/mol. The van der Waals surface area contributed by atoms with Crippen molar-refractivity contribution in [3.8, 4) is 17.0 Å². The highest BCUT2D eigenvalue weighted by atomic mass is 16.5. The van der Waals surface area contributed by atoms with E-state index < -0.39 is 0 Å². The van der Waals surface area contributed by atoms with Gasteiger partial charge in [-0.3, -0.25) is 14.2 Å². The lowest BCUT2D eigenvalue weighted by Gasteiger charge is -2.22. The molecule has 1 unspecified atom stereocenters. The number of allylic oxidation sites excluding steroid dienone is 1. The monoisotopic (exact) mass is 575 g/mol. The van der Waals surface area contributed by atoms with Crippen molar-refractivity contribution in [1.82, 2.24) is 24.7 Å². The molecular formula is C34H37N7O2. The van der Waals surface area contributed by atoms with E-state index in [1.54, 1.807) is 25.6 Å². The molecule has 1 aliphatic rings. The van der Waals surface area contributed by atoms with Crippen LogP contribution in [-0.4, -0.2) is 45.5 Å². The quantitative estimate of drug-likeness (QED) is 0.208. The molecule has 0 saturated heterocycles. The third-order valence-corrected chi connectivity index (χ3v) is 8.23. The van der Waals surface area contributed by atoms with Gasteiger partial charge in [-0.2, -0.15) is 0 Å². The fourth-order valence-electron chi connectivity index (χ4n) is 6.00. The van der Waals surface area contributed by atoms with Crippen LogP contribution in [0, 0.1) is 0 Å². The van der Waals surface area contributed by atoms with Crippen molar-refractivity contribution in [2.24, 2.45) is 0 Å². The molecule has 0 aliphatic heterocycles. The summed E-state index contributed by atoms with van der Waals surface area (Å²) in [5.74, 6) is 2.00. The molecule has 6 rings (SSSR count). The van der Waals surface area contributed by atoms with Gasteiger partial charge in [0.2, 0.25) is 5.91 Å². The Morgan fingerprint density at radius 1 is 1.14 bits per heavy atom. The van der Waals surface area contributed by atoms with Gasteiger partial charge >= 0.3 is 0 Å². The lowest BCUT2D eigenvalue weighted by molar-refractivity contribution is -0.115. The number of nitrogens with one attached hydrogen (secondary N) is 2. The number of nitrogen functional groups attached to an aromatic ring is 1. The fourth-order valence-corrected chi connectivity index (χ4v) is 6.00. The third kappa shape index (κ3) is 5.44. The first kappa shape index (κ1) is 28.4. The number of anilines is 2. The summed E-state index contributed by atoms with van der Waals surface area (Å²) in [4.78, 5) is 27.1. The molecule has 0 fully saturated rings. The molecule has 1 amide bonds. The van der Waals surface area contributed by atoms with Crippen molar-refractivity contribution in [2.75, 3.05) is 25.2 Å². The molecule has 2 aromatic carbocycles. The largest absolute Gasteiger partial charge is 0.495 e. The van der Waals surface area contributed by atoms with Crippen molar-refractivity contribution in [2.45, 2.75) is 51.5 Å². The van der Waals surface area contributed by atoms with Crippen LogP contribution in [0.3, 0.4) is 0 Å². The molecule has 43 heavy (non-hydrogen) atoms. The Bertz CT molecular complexity index is 1860. The van der Waals surface area contributed by atoms with E-state index in [9.17, 15) is 4.79 Å². The van der Waals surface area contributed by atoms with Crippen LogP contribution in [0.25, 0.3) is 33.1 Å². The number of imidazole rings is 1. The minimum absolute atomic E-state index is 0.137. The highest BCUT2D eigenvalue weighted by Crippen LogP contribution is 2.38. The van der Waals surface area contributed by atoms with Crippen LogP contribution in [0.5, 0.6) is 5.75 Å². The maximum absolute atomic E-state index is 13.1. The molecule has 3 heterocycles. The minimum atomic E-state index is -0.137. The summed E-state index contributed by atoms with van der Waals surface area (Å²) in [6.45, 7) is 4.31. The SMILES string of the molecule is CNC1CC=C(c2cnc(N)c3c(-c4ccc(CC(=O)Nc5cncc(OC)c5)c5ccccc45)nc(C(C)C)n23)CC1. The van der Waals surface area contributed by atoms with Crippen LogP contribution < -0.4 is 21.1 Å². The summed E-state index contributed by atoms with van der Waals surface area (Å²) in [6.07, 6.45) is 10.6. The van der Waals surface area contributed by atoms with Gasteiger partial charge in [0.15, 0.2) is 0 Å². The second-order valence-corrected chi connectivity index (χ2v) is 11.3. The number of carbonyl (C=O) groups is 1. The molecule has 1 aliphatic carbocycles. The van der Waals surface area contributed by atoms with E-state index in [-0.39, 0.29) is 18.2 Å². The molecule has 0 saturated carbocycles. The van der Waals surface area contributed by atoms with Crippen LogP contribution in [0.2, 0.25) is 0 Å². The Balaban J connectivity index is 1.43. The molecule has 3 aromatic heterocycles. The third-order valence-electron chi connectivity index (χ3n) is 8.23. The first-order valence-electron chi connectivity index (χ1n) is 14.7. The molecule has 0 radical (unpaired) electrons. The fraction of sp³-hybridized carbons (Fsp3) is 0.294. The van der Waals surface area contributed by atoms with Gasteiger partial charge in [-0.15, -0.1) is 0 Å². The topological polar surface area (TPSA) is 119 Å². The number of nitrogens with two attached hydrogens (primary N) is 1. The number of methoxy groups -OCH3 is 1. The molecule has 4 N–H and O–H groups in total. The van der Waals surface area contributed by atoms with E-state index in [1.807, 2.05) is 43.6 Å². The van der Waals surface area contributed by atoms with Crippen LogP contribution in [0.1, 0.15) is 56.1 Å². The first-order chi connectivity index (χ1) is 20.9. The van der Waals surface area contributed by atoms with E-state index in [4.69, 9.17) is 15.5 Å². The maximum Gasteiger partial charge on any atom is 0.228 e. The number of hydrogen-bond acceptors (Lipinski definition) is 7. The standard InChI is InChI=1S/C34H37N7O2/c1-20(2)34-40-31(32-33(35)38-19-29(41(32)34)21-9-12-23(36-3)13-10-21)28-14-11-22(26-7-5-6-8-27(26)28)15-30(42)39-24-16-25(43-4)18-37-17-24/h5-9,11,14,16-20,23,36H,10,12-13,15H2,1-4H3,(H2,35,38)(H,39,42). The van der Waals surface area contributed by atoms with Gasteiger partial charge in [-0.05, 0) is 48.2 Å². The number of hydrogen-bond donors (Lipinski definition) is 3. The maximum atomic E-state index is 13.1. The van der Waals surface area contributed by atoms with Gasteiger partial charge in [-0.25, -0.2) is 9.97 Å². The second-order valence-electron chi connectivity index (χ2n) is 11.3. The van der Waals surface area contributed by atoms with Gasteiger partial charge in [0.25, 0.3) is 0 Å². The zero-order valence-corrected chi connectivity index (χ0v) is 25.0. The van der Waals surface area contributed by atoms with E-state index in [2.05, 4.69) is 51.0 Å². The zero-order chi connectivity index (χ0) is 30.1. The van der Waals surface area contributed by atoms with Crippen molar-refractivity contribution < 1.29 is 9.53 Å². The Morgan fingerprint density at radius 2 is 1.95 bits per heavy atom. The number of pyridine rings is 1. The van der Waals surface area contributed by atoms with Crippen LogP contribution in [-0.2, 0) is 11.2 Å². The van der Waals surface area contributed by atoms with Gasteiger partial charge < -0.3 is 21.1 Å². The average Bonchev–Trinajstić information content (AvgIpc) is 3.43. The molecular weight excluding hydrogens is 538 g/mol. The number of fused-ring (bicyclic) bond motifs is 2. The molecule has 0 spiro atoms.